The van der Waals surface area contributed by atoms with E-state index in [1.54, 1.807) is 12.1 Å². The summed E-state index contributed by atoms with van der Waals surface area (Å²) in [5, 5.41) is 3.06. The molecule has 0 radical (unpaired) electrons. The second-order valence-electron chi connectivity index (χ2n) is 5.40. The van der Waals surface area contributed by atoms with E-state index in [9.17, 15) is 9.59 Å². The molecule has 0 aromatic heterocycles. The zero-order valence-electron chi connectivity index (χ0n) is 13.8. The lowest BCUT2D eigenvalue weighted by atomic mass is 10.1. The minimum absolute atomic E-state index is 0.118. The van der Waals surface area contributed by atoms with Crippen molar-refractivity contribution in [3.8, 4) is 0 Å². The lowest BCUT2D eigenvalue weighted by molar-refractivity contribution is -0.116. The third-order valence-electron chi connectivity index (χ3n) is 3.73. The minimum atomic E-state index is -0.535. The molecule has 4 nitrogen and oxygen atoms in total. The smallest absolute Gasteiger partial charge is 0.339 e. The quantitative estimate of drug-likeness (QED) is 0.796. The van der Waals surface area contributed by atoms with Gasteiger partial charge >= 0.3 is 5.97 Å². The van der Waals surface area contributed by atoms with Gasteiger partial charge in [0.1, 0.15) is 0 Å². The first-order valence-corrected chi connectivity index (χ1v) is 8.16. The summed E-state index contributed by atoms with van der Waals surface area (Å²) in [5.41, 5.74) is 3.15. The summed E-state index contributed by atoms with van der Waals surface area (Å²) in [6.07, 6.45) is 2.02. The second-order valence-corrected chi connectivity index (χ2v) is 5.81. The van der Waals surface area contributed by atoms with Crippen molar-refractivity contribution < 1.29 is 14.3 Å². The van der Waals surface area contributed by atoms with Gasteiger partial charge in [-0.2, -0.15) is 0 Å². The lowest BCUT2D eigenvalue weighted by Crippen LogP contribution is -2.13. The third-order valence-corrected chi connectivity index (χ3v) is 4.06. The summed E-state index contributed by atoms with van der Waals surface area (Å²) in [4.78, 5) is 23.7. The molecule has 0 aliphatic heterocycles. The van der Waals surface area contributed by atoms with Crippen molar-refractivity contribution in [1.29, 1.82) is 0 Å². The van der Waals surface area contributed by atoms with Crippen molar-refractivity contribution in [2.75, 3.05) is 12.4 Å². The highest BCUT2D eigenvalue weighted by Gasteiger charge is 2.12. The number of methoxy groups -OCH3 is 1. The number of anilines is 1. The monoisotopic (exact) mass is 345 g/mol. The van der Waals surface area contributed by atoms with Crippen molar-refractivity contribution in [3.63, 3.8) is 0 Å². The Balaban J connectivity index is 1.95. The number of amides is 1. The molecule has 0 aliphatic rings. The van der Waals surface area contributed by atoms with Crippen LogP contribution in [0.1, 0.15) is 34.8 Å². The highest BCUT2D eigenvalue weighted by Crippen LogP contribution is 2.21. The van der Waals surface area contributed by atoms with Crippen molar-refractivity contribution in [3.05, 3.63) is 64.2 Å². The van der Waals surface area contributed by atoms with E-state index < -0.39 is 5.97 Å². The van der Waals surface area contributed by atoms with E-state index in [4.69, 9.17) is 11.6 Å². The molecule has 0 atom stereocenters. The van der Waals surface area contributed by atoms with Gasteiger partial charge in [-0.25, -0.2) is 4.79 Å². The molecule has 1 amide bonds. The highest BCUT2D eigenvalue weighted by molar-refractivity contribution is 6.33. The Hall–Kier alpha value is -2.33. The van der Waals surface area contributed by atoms with Crippen molar-refractivity contribution in [2.45, 2.75) is 26.2 Å². The lowest BCUT2D eigenvalue weighted by Gasteiger charge is -2.08. The SMILES string of the molecule is CCc1ccc(CCC(=O)Nc2ccc(Cl)c(C(=O)OC)c2)cc1. The average Bonchev–Trinajstić information content (AvgIpc) is 2.61. The molecule has 2 aromatic carbocycles. The number of ether oxygens (including phenoxy) is 1. The fourth-order valence-electron chi connectivity index (χ4n) is 2.29. The Morgan fingerprint density at radius 3 is 2.38 bits per heavy atom. The fraction of sp³-hybridized carbons (Fsp3) is 0.263. The standard InChI is InChI=1S/C19H20ClNO3/c1-3-13-4-6-14(7-5-13)8-11-18(22)21-15-9-10-17(20)16(12-15)19(23)24-2/h4-7,9-10,12H,3,8,11H2,1-2H3,(H,21,22). The number of nitrogens with one attached hydrogen (secondary N) is 1. The molecule has 5 heteroatoms. The van der Waals surface area contributed by atoms with Crippen LogP contribution in [0.4, 0.5) is 5.69 Å². The molecule has 126 valence electrons. The molecule has 24 heavy (non-hydrogen) atoms. The first kappa shape index (κ1) is 18.0. The maximum atomic E-state index is 12.1. The van der Waals surface area contributed by atoms with Crippen LogP contribution in [0.15, 0.2) is 42.5 Å². The molecule has 1 N–H and O–H groups in total. The van der Waals surface area contributed by atoms with Crippen LogP contribution in [-0.2, 0) is 22.4 Å². The molecule has 2 aromatic rings. The van der Waals surface area contributed by atoms with E-state index >= 15 is 0 Å². The number of carbonyl (C=O) groups is 2. The van der Waals surface area contributed by atoms with Gasteiger partial charge in [0.2, 0.25) is 5.91 Å². The molecule has 0 unspecified atom stereocenters. The number of hydrogen-bond acceptors (Lipinski definition) is 3. The largest absolute Gasteiger partial charge is 0.465 e. The molecule has 0 fully saturated rings. The van der Waals surface area contributed by atoms with Crippen LogP contribution in [0, 0.1) is 0 Å². The predicted molar refractivity (Wildman–Crippen MR) is 95.6 cm³/mol. The summed E-state index contributed by atoms with van der Waals surface area (Å²) < 4.78 is 4.67. The summed E-state index contributed by atoms with van der Waals surface area (Å²) in [6, 6.07) is 13.0. The van der Waals surface area contributed by atoms with Gasteiger partial charge in [0.05, 0.1) is 17.7 Å². The van der Waals surface area contributed by atoms with Crippen LogP contribution >= 0.6 is 11.6 Å². The Bertz CT molecular complexity index is 726. The van der Waals surface area contributed by atoms with Crippen LogP contribution in [-0.4, -0.2) is 19.0 Å². The Labute approximate surface area is 146 Å². The third kappa shape index (κ3) is 4.83. The number of rotatable bonds is 6. The molecule has 0 saturated carbocycles. The first-order chi connectivity index (χ1) is 11.5. The van der Waals surface area contributed by atoms with Crippen LogP contribution in [0.25, 0.3) is 0 Å². The molecule has 0 saturated heterocycles. The number of hydrogen-bond donors (Lipinski definition) is 1. The number of halogens is 1. The van der Waals surface area contributed by atoms with Crippen LogP contribution < -0.4 is 5.32 Å². The van der Waals surface area contributed by atoms with E-state index in [1.165, 1.54) is 18.7 Å². The summed E-state index contributed by atoms with van der Waals surface area (Å²) in [5.74, 6) is -0.653. The zero-order valence-corrected chi connectivity index (χ0v) is 14.5. The van der Waals surface area contributed by atoms with Crippen LogP contribution in [0.5, 0.6) is 0 Å². The van der Waals surface area contributed by atoms with E-state index in [0.29, 0.717) is 18.5 Å². The van der Waals surface area contributed by atoms with E-state index in [1.807, 2.05) is 12.1 Å². The molecule has 2 rings (SSSR count). The molecule has 0 aliphatic carbocycles. The van der Waals surface area contributed by atoms with Crippen molar-refractivity contribution >= 4 is 29.2 Å². The normalized spacial score (nSPS) is 10.3. The molecular weight excluding hydrogens is 326 g/mol. The molecule has 0 heterocycles. The van der Waals surface area contributed by atoms with Crippen LogP contribution in [0.3, 0.4) is 0 Å². The number of esters is 1. The van der Waals surface area contributed by atoms with Gasteiger partial charge in [-0.1, -0.05) is 42.8 Å². The molecule has 0 spiro atoms. The molecule has 0 bridgehead atoms. The Morgan fingerprint density at radius 1 is 1.08 bits per heavy atom. The van der Waals surface area contributed by atoms with Crippen molar-refractivity contribution in [2.24, 2.45) is 0 Å². The molecular formula is C19H20ClNO3. The number of aryl methyl sites for hydroxylation is 2. The summed E-state index contributed by atoms with van der Waals surface area (Å²) in [7, 11) is 1.29. The first-order valence-electron chi connectivity index (χ1n) is 7.79. The van der Waals surface area contributed by atoms with Gasteiger partial charge in [0.15, 0.2) is 0 Å². The topological polar surface area (TPSA) is 55.4 Å². The fourth-order valence-corrected chi connectivity index (χ4v) is 2.49. The summed E-state index contributed by atoms with van der Waals surface area (Å²) >= 11 is 5.96. The number of benzene rings is 2. The van der Waals surface area contributed by atoms with Gasteiger partial charge in [0.25, 0.3) is 0 Å². The minimum Gasteiger partial charge on any atom is -0.465 e. The van der Waals surface area contributed by atoms with Crippen LogP contribution in [0.2, 0.25) is 5.02 Å². The Morgan fingerprint density at radius 2 is 1.75 bits per heavy atom. The Kier molecular flexibility index (Phi) is 6.38. The highest BCUT2D eigenvalue weighted by atomic mass is 35.5. The zero-order chi connectivity index (χ0) is 17.5. The van der Waals surface area contributed by atoms with Gasteiger partial charge in [0, 0.05) is 12.1 Å². The van der Waals surface area contributed by atoms with Gasteiger partial charge in [-0.15, -0.1) is 0 Å². The van der Waals surface area contributed by atoms with Crippen molar-refractivity contribution in [1.82, 2.24) is 0 Å². The second kappa shape index (κ2) is 8.50. The maximum Gasteiger partial charge on any atom is 0.339 e. The number of carbonyl (C=O) groups excluding carboxylic acids is 2. The van der Waals surface area contributed by atoms with E-state index in [-0.39, 0.29) is 16.5 Å². The van der Waals surface area contributed by atoms with E-state index in [0.717, 1.165) is 12.0 Å². The average molecular weight is 346 g/mol. The summed E-state index contributed by atoms with van der Waals surface area (Å²) in [6.45, 7) is 2.11. The van der Waals surface area contributed by atoms with Gasteiger partial charge < -0.3 is 10.1 Å². The van der Waals surface area contributed by atoms with Gasteiger partial charge in [-0.05, 0) is 42.2 Å². The predicted octanol–water partition coefficient (Wildman–Crippen LogP) is 4.26. The van der Waals surface area contributed by atoms with Gasteiger partial charge in [-0.3, -0.25) is 4.79 Å². The van der Waals surface area contributed by atoms with E-state index in [2.05, 4.69) is 29.1 Å². The maximum absolute atomic E-state index is 12.1.